The molecule has 1 rings (SSSR count). The molecule has 3 N–H and O–H groups in total. The van der Waals surface area contributed by atoms with E-state index in [0.717, 1.165) is 16.2 Å². The zero-order valence-electron chi connectivity index (χ0n) is 9.27. The van der Waals surface area contributed by atoms with Crippen molar-refractivity contribution in [1.29, 1.82) is 0 Å². The van der Waals surface area contributed by atoms with Crippen molar-refractivity contribution in [1.82, 2.24) is 5.32 Å². The van der Waals surface area contributed by atoms with Gasteiger partial charge in [0, 0.05) is 22.8 Å². The molecule has 0 saturated carbocycles. The van der Waals surface area contributed by atoms with Crippen molar-refractivity contribution in [2.75, 3.05) is 6.54 Å². The molecule has 4 nitrogen and oxygen atoms in total. The van der Waals surface area contributed by atoms with Gasteiger partial charge in [0.2, 0.25) is 0 Å². The first kappa shape index (κ1) is 13.2. The van der Waals surface area contributed by atoms with Crippen molar-refractivity contribution in [3.8, 4) is 0 Å². The molecule has 1 aromatic heterocycles. The van der Waals surface area contributed by atoms with Crippen molar-refractivity contribution in [2.24, 2.45) is 0 Å². The molecule has 1 aromatic rings. The first-order chi connectivity index (χ1) is 7.61. The van der Waals surface area contributed by atoms with Crippen LogP contribution in [0, 0.1) is 0 Å². The minimum absolute atomic E-state index is 0.0856. The molecule has 0 bridgehead atoms. The van der Waals surface area contributed by atoms with Crippen molar-refractivity contribution < 1.29 is 15.0 Å². The van der Waals surface area contributed by atoms with Crippen LogP contribution in [0.5, 0.6) is 0 Å². The Morgan fingerprint density at radius 3 is 2.81 bits per heavy atom. The highest BCUT2D eigenvalue weighted by Gasteiger charge is 2.05. The van der Waals surface area contributed by atoms with E-state index in [1.54, 1.807) is 0 Å². The summed E-state index contributed by atoms with van der Waals surface area (Å²) in [6, 6.07) is 3.76. The number of carbonyl (C=O) groups is 1. The number of thiophene rings is 1. The number of nitrogens with one attached hydrogen (secondary N) is 1. The Kier molecular flexibility index (Phi) is 5.45. The van der Waals surface area contributed by atoms with Gasteiger partial charge in [-0.1, -0.05) is 6.92 Å². The first-order valence-electron chi connectivity index (χ1n) is 5.30. The summed E-state index contributed by atoms with van der Waals surface area (Å²) >= 11 is 1.50. The largest absolute Gasteiger partial charge is 0.481 e. The highest BCUT2D eigenvalue weighted by molar-refractivity contribution is 7.12. The maximum atomic E-state index is 10.5. The van der Waals surface area contributed by atoms with Crippen LogP contribution in [-0.4, -0.2) is 28.8 Å². The topological polar surface area (TPSA) is 69.6 Å². The number of rotatable bonds is 7. The minimum Gasteiger partial charge on any atom is -0.481 e. The fraction of sp³-hybridized carbons (Fsp3) is 0.545. The van der Waals surface area contributed by atoms with Crippen molar-refractivity contribution in [2.45, 2.75) is 32.4 Å². The number of carboxylic acids is 1. The van der Waals surface area contributed by atoms with E-state index in [1.807, 2.05) is 19.1 Å². The molecule has 16 heavy (non-hydrogen) atoms. The van der Waals surface area contributed by atoms with E-state index in [1.165, 1.54) is 11.3 Å². The highest BCUT2D eigenvalue weighted by Crippen LogP contribution is 2.16. The summed E-state index contributed by atoms with van der Waals surface area (Å²) < 4.78 is 0. The lowest BCUT2D eigenvalue weighted by atomic mass is 10.3. The maximum Gasteiger partial charge on any atom is 0.308 e. The molecular weight excluding hydrogens is 226 g/mol. The average Bonchev–Trinajstić information content (AvgIpc) is 2.64. The molecule has 0 spiro atoms. The lowest BCUT2D eigenvalue weighted by Gasteiger charge is -2.07. The van der Waals surface area contributed by atoms with Crippen LogP contribution in [-0.2, 0) is 17.8 Å². The van der Waals surface area contributed by atoms with Gasteiger partial charge in [0.1, 0.15) is 0 Å². The van der Waals surface area contributed by atoms with Crippen LogP contribution in [0.4, 0.5) is 0 Å². The van der Waals surface area contributed by atoms with Crippen LogP contribution in [0.25, 0.3) is 0 Å². The Hall–Kier alpha value is -0.910. The molecule has 0 aliphatic carbocycles. The van der Waals surface area contributed by atoms with Gasteiger partial charge in [-0.2, -0.15) is 0 Å². The van der Waals surface area contributed by atoms with E-state index in [9.17, 15) is 9.90 Å². The molecular formula is C11H17NO3S. The predicted molar refractivity (Wildman–Crippen MR) is 63.7 cm³/mol. The first-order valence-corrected chi connectivity index (χ1v) is 6.11. The van der Waals surface area contributed by atoms with Gasteiger partial charge in [0.05, 0.1) is 12.5 Å². The van der Waals surface area contributed by atoms with Crippen LogP contribution in [0.3, 0.4) is 0 Å². The Balaban J connectivity index is 2.32. The number of aliphatic hydroxyl groups is 1. The zero-order valence-corrected chi connectivity index (χ0v) is 10.1. The SMILES string of the molecule is CCC(O)CNCc1ccc(CC(=O)O)s1. The second-order valence-corrected chi connectivity index (χ2v) is 4.88. The molecule has 0 aliphatic rings. The van der Waals surface area contributed by atoms with Gasteiger partial charge in [-0.15, -0.1) is 11.3 Å². The molecule has 90 valence electrons. The van der Waals surface area contributed by atoms with E-state index in [0.29, 0.717) is 13.1 Å². The molecule has 0 amide bonds. The van der Waals surface area contributed by atoms with Crippen LogP contribution >= 0.6 is 11.3 Å². The predicted octanol–water partition coefficient (Wildman–Crippen LogP) is 1.24. The molecule has 5 heteroatoms. The molecule has 0 fully saturated rings. The summed E-state index contributed by atoms with van der Waals surface area (Å²) in [6.45, 7) is 3.19. The van der Waals surface area contributed by atoms with Crippen LogP contribution in [0.2, 0.25) is 0 Å². The summed E-state index contributed by atoms with van der Waals surface area (Å²) in [5.41, 5.74) is 0. The Morgan fingerprint density at radius 2 is 2.19 bits per heavy atom. The third kappa shape index (κ3) is 4.74. The number of hydrogen-bond acceptors (Lipinski definition) is 4. The molecule has 1 unspecified atom stereocenters. The molecule has 0 aliphatic heterocycles. The quantitative estimate of drug-likeness (QED) is 0.674. The molecule has 1 atom stereocenters. The summed E-state index contributed by atoms with van der Waals surface area (Å²) in [7, 11) is 0. The zero-order chi connectivity index (χ0) is 12.0. The van der Waals surface area contributed by atoms with Crippen LogP contribution in [0.1, 0.15) is 23.1 Å². The number of aliphatic hydroxyl groups excluding tert-OH is 1. The summed E-state index contributed by atoms with van der Waals surface area (Å²) in [4.78, 5) is 12.4. The Bertz CT molecular complexity index is 338. The lowest BCUT2D eigenvalue weighted by Crippen LogP contribution is -2.25. The lowest BCUT2D eigenvalue weighted by molar-refractivity contribution is -0.136. The second-order valence-electron chi connectivity index (χ2n) is 3.63. The third-order valence-corrected chi connectivity index (χ3v) is 3.28. The van der Waals surface area contributed by atoms with Gasteiger partial charge in [-0.25, -0.2) is 0 Å². The Morgan fingerprint density at radius 1 is 1.50 bits per heavy atom. The number of hydrogen-bond donors (Lipinski definition) is 3. The van der Waals surface area contributed by atoms with Gasteiger partial charge in [-0.05, 0) is 18.6 Å². The fourth-order valence-electron chi connectivity index (χ4n) is 1.27. The maximum absolute atomic E-state index is 10.5. The van der Waals surface area contributed by atoms with Gasteiger partial charge >= 0.3 is 5.97 Å². The number of carboxylic acid groups (broad SMARTS) is 1. The molecule has 0 saturated heterocycles. The van der Waals surface area contributed by atoms with Crippen molar-refractivity contribution >= 4 is 17.3 Å². The monoisotopic (exact) mass is 243 g/mol. The van der Waals surface area contributed by atoms with E-state index in [4.69, 9.17) is 5.11 Å². The summed E-state index contributed by atoms with van der Waals surface area (Å²) in [5, 5.41) is 21.1. The summed E-state index contributed by atoms with van der Waals surface area (Å²) in [6.07, 6.45) is 0.516. The standard InChI is InChI=1S/C11H17NO3S/c1-2-8(13)6-12-7-10-4-3-9(16-10)5-11(14)15/h3-4,8,12-13H,2,5-7H2,1H3,(H,14,15). The van der Waals surface area contributed by atoms with Crippen LogP contribution in [0.15, 0.2) is 12.1 Å². The summed E-state index contributed by atoms with van der Waals surface area (Å²) in [5.74, 6) is -0.803. The minimum atomic E-state index is -0.803. The van der Waals surface area contributed by atoms with E-state index >= 15 is 0 Å². The molecule has 0 aromatic carbocycles. The van der Waals surface area contributed by atoms with Crippen molar-refractivity contribution in [3.05, 3.63) is 21.9 Å². The van der Waals surface area contributed by atoms with E-state index < -0.39 is 5.97 Å². The third-order valence-electron chi connectivity index (χ3n) is 2.19. The van der Waals surface area contributed by atoms with Gasteiger partial charge in [0.25, 0.3) is 0 Å². The fourth-order valence-corrected chi connectivity index (χ4v) is 2.25. The second kappa shape index (κ2) is 6.62. The molecule has 0 radical (unpaired) electrons. The van der Waals surface area contributed by atoms with Gasteiger partial charge in [0.15, 0.2) is 0 Å². The van der Waals surface area contributed by atoms with E-state index in [2.05, 4.69) is 5.32 Å². The van der Waals surface area contributed by atoms with Crippen LogP contribution < -0.4 is 5.32 Å². The Labute approximate surface area is 98.9 Å². The highest BCUT2D eigenvalue weighted by atomic mass is 32.1. The average molecular weight is 243 g/mol. The van der Waals surface area contributed by atoms with Crippen molar-refractivity contribution in [3.63, 3.8) is 0 Å². The number of aliphatic carboxylic acids is 1. The normalized spacial score (nSPS) is 12.6. The van der Waals surface area contributed by atoms with E-state index in [-0.39, 0.29) is 12.5 Å². The van der Waals surface area contributed by atoms with Gasteiger partial charge in [-0.3, -0.25) is 4.79 Å². The smallest absolute Gasteiger partial charge is 0.308 e. The van der Waals surface area contributed by atoms with Gasteiger partial charge < -0.3 is 15.5 Å². The molecule has 1 heterocycles.